The molecule has 0 radical (unpaired) electrons. The molecule has 2 rings (SSSR count). The Morgan fingerprint density at radius 2 is 2.17 bits per heavy atom. The minimum absolute atomic E-state index is 0.190. The number of aryl methyl sites for hydroxylation is 1. The van der Waals surface area contributed by atoms with Crippen molar-refractivity contribution < 1.29 is 8.42 Å². The van der Waals surface area contributed by atoms with Crippen molar-refractivity contribution in [3.8, 4) is 0 Å². The molecule has 0 spiro atoms. The highest BCUT2D eigenvalue weighted by atomic mass is 127. The zero-order chi connectivity index (χ0) is 13.5. The first-order chi connectivity index (χ1) is 8.40. The highest BCUT2D eigenvalue weighted by Crippen LogP contribution is 2.34. The zero-order valence-electron chi connectivity index (χ0n) is 9.78. The molecule has 3 nitrogen and oxygen atoms in total. The van der Waals surface area contributed by atoms with Crippen molar-refractivity contribution in [2.45, 2.75) is 17.7 Å². The molecule has 18 heavy (non-hydrogen) atoms. The Morgan fingerprint density at radius 1 is 1.50 bits per heavy atom. The normalized spacial score (nSPS) is 12.2. The number of rotatable bonds is 3. The summed E-state index contributed by atoms with van der Waals surface area (Å²) in [4.78, 5) is 0.332. The van der Waals surface area contributed by atoms with E-state index in [2.05, 4.69) is 21.2 Å². The van der Waals surface area contributed by atoms with Crippen LogP contribution < -0.4 is 0 Å². The molecule has 1 aromatic carbocycles. The van der Waals surface area contributed by atoms with Crippen LogP contribution in [0.1, 0.15) is 11.1 Å². The van der Waals surface area contributed by atoms with E-state index in [4.69, 9.17) is 11.6 Å². The number of sulfone groups is 1. The lowest BCUT2D eigenvalue weighted by Crippen LogP contribution is -2.03. The highest BCUT2D eigenvalue weighted by molar-refractivity contribution is 14.2. The second-order valence-electron chi connectivity index (χ2n) is 4.05. The van der Waals surface area contributed by atoms with Crippen LogP contribution in [0.4, 0.5) is 0 Å². The van der Waals surface area contributed by atoms with E-state index < -0.39 is 9.84 Å². The van der Waals surface area contributed by atoms with Crippen LogP contribution in [-0.4, -0.2) is 18.6 Å². The fraction of sp³-hybridized carbons (Fsp3) is 0.273. The van der Waals surface area contributed by atoms with Gasteiger partial charge in [0.1, 0.15) is 0 Å². The summed E-state index contributed by atoms with van der Waals surface area (Å²) in [7, 11) is -1.71. The Balaban J connectivity index is 2.94. The van der Waals surface area contributed by atoms with Gasteiger partial charge in [-0.3, -0.25) is 3.97 Å². The van der Waals surface area contributed by atoms with Crippen LogP contribution in [0.3, 0.4) is 0 Å². The number of halogens is 2. The lowest BCUT2D eigenvalue weighted by molar-refractivity contribution is 0.601. The fourth-order valence-corrected chi connectivity index (χ4v) is 4.85. The van der Waals surface area contributed by atoms with Crippen molar-refractivity contribution >= 4 is 62.7 Å². The maximum absolute atomic E-state index is 11.8. The number of fused-ring (bicyclic) bond motifs is 1. The highest BCUT2D eigenvalue weighted by Gasteiger charge is 2.19. The van der Waals surface area contributed by atoms with Gasteiger partial charge in [-0.05, 0) is 30.2 Å². The molecule has 98 valence electrons. The quantitative estimate of drug-likeness (QED) is 0.563. The van der Waals surface area contributed by atoms with Gasteiger partial charge in [-0.1, -0.05) is 0 Å². The summed E-state index contributed by atoms with van der Waals surface area (Å²) in [6.45, 7) is 1.92. The Morgan fingerprint density at radius 3 is 2.67 bits per heavy atom. The average molecular weight is 416 g/mol. The second-order valence-corrected chi connectivity index (χ2v) is 8.01. The van der Waals surface area contributed by atoms with E-state index in [9.17, 15) is 8.42 Å². The van der Waals surface area contributed by atoms with Crippen molar-refractivity contribution in [2.75, 3.05) is 6.26 Å². The van der Waals surface area contributed by atoms with Gasteiger partial charge >= 0.3 is 0 Å². The van der Waals surface area contributed by atoms with Crippen LogP contribution in [0.15, 0.2) is 23.2 Å². The van der Waals surface area contributed by atoms with Crippen molar-refractivity contribution in [3.63, 3.8) is 0 Å². The minimum Gasteiger partial charge on any atom is -0.282 e. The van der Waals surface area contributed by atoms with Gasteiger partial charge in [0, 0.05) is 54.0 Å². The molecule has 1 aromatic heterocycles. The summed E-state index contributed by atoms with van der Waals surface area (Å²) in [5.74, 6) is 0.190. The van der Waals surface area contributed by atoms with Crippen LogP contribution in [0.5, 0.6) is 0 Å². The fourth-order valence-electron chi connectivity index (χ4n) is 2.06. The summed E-state index contributed by atoms with van der Waals surface area (Å²) in [6.07, 6.45) is 3.14. The minimum atomic E-state index is -3.26. The van der Waals surface area contributed by atoms with Gasteiger partial charge in [0.2, 0.25) is 0 Å². The smallest absolute Gasteiger partial charge is 0.175 e. The van der Waals surface area contributed by atoms with Crippen LogP contribution in [0.25, 0.3) is 10.9 Å². The van der Waals surface area contributed by atoms with E-state index in [1.54, 1.807) is 15.2 Å². The molecule has 0 unspecified atom stereocenters. The zero-order valence-corrected chi connectivity index (χ0v) is 14.3. The third kappa shape index (κ3) is 2.39. The van der Waals surface area contributed by atoms with E-state index in [1.165, 1.54) is 6.26 Å². The van der Waals surface area contributed by atoms with Crippen LogP contribution in [0.2, 0.25) is 0 Å². The van der Waals surface area contributed by atoms with Gasteiger partial charge in [0.25, 0.3) is 0 Å². The van der Waals surface area contributed by atoms with Gasteiger partial charge in [0.15, 0.2) is 9.84 Å². The maximum Gasteiger partial charge on any atom is 0.175 e. The van der Waals surface area contributed by atoms with Gasteiger partial charge in [0.05, 0.1) is 10.4 Å². The molecule has 0 aliphatic heterocycles. The maximum atomic E-state index is 11.8. The first-order valence-corrected chi connectivity index (χ1v) is 10.8. The van der Waals surface area contributed by atoms with Crippen molar-refractivity contribution in [1.82, 2.24) is 3.97 Å². The predicted octanol–water partition coefficient (Wildman–Crippen LogP) is 3.94. The number of alkyl halides is 1. The Hall–Kier alpha value is 0.0800. The van der Waals surface area contributed by atoms with Crippen LogP contribution >= 0.6 is 41.9 Å². The molecule has 0 N–H and O–H groups in total. The first kappa shape index (κ1) is 14.5. The summed E-state index contributed by atoms with van der Waals surface area (Å²) >= 11 is 8.13. The van der Waals surface area contributed by atoms with Crippen LogP contribution in [-0.2, 0) is 15.7 Å². The van der Waals surface area contributed by atoms with Crippen molar-refractivity contribution in [1.29, 1.82) is 0 Å². The number of hydrogen-bond donors (Lipinski definition) is 0. The molecule has 0 atom stereocenters. The summed E-state index contributed by atoms with van der Waals surface area (Å²) < 4.78 is 25.6. The molecule has 0 saturated carbocycles. The van der Waals surface area contributed by atoms with E-state index >= 15 is 0 Å². The number of nitrogens with zero attached hydrogens (tertiary/aromatic N) is 1. The number of benzene rings is 1. The second kappa shape index (κ2) is 5.22. The van der Waals surface area contributed by atoms with Gasteiger partial charge < -0.3 is 0 Å². The van der Waals surface area contributed by atoms with E-state index in [0.29, 0.717) is 10.5 Å². The molecule has 0 aliphatic rings. The summed E-state index contributed by atoms with van der Waals surface area (Å²) in [5, 5.41) is 0.912. The van der Waals surface area contributed by atoms with Gasteiger partial charge in [-0.25, -0.2) is 8.42 Å². The van der Waals surface area contributed by atoms with E-state index in [-0.39, 0.29) is 5.88 Å². The SMILES string of the molecule is Cc1cc(S(C)(=O)=O)c(CCl)c2ccn(SI)c12. The van der Waals surface area contributed by atoms with E-state index in [0.717, 1.165) is 16.5 Å². The lowest BCUT2D eigenvalue weighted by atomic mass is 10.1. The molecular weight excluding hydrogens is 405 g/mol. The molecule has 7 heteroatoms. The molecule has 0 amide bonds. The Bertz CT molecular complexity index is 709. The van der Waals surface area contributed by atoms with Crippen LogP contribution in [0, 0.1) is 6.92 Å². The monoisotopic (exact) mass is 415 g/mol. The topological polar surface area (TPSA) is 39.1 Å². The van der Waals surface area contributed by atoms with Gasteiger partial charge in [-0.15, -0.1) is 11.6 Å². The number of aromatic nitrogens is 1. The third-order valence-corrected chi connectivity index (χ3v) is 5.96. The Labute approximate surface area is 128 Å². The van der Waals surface area contributed by atoms with E-state index in [1.807, 2.05) is 23.2 Å². The molecular formula is C11H11ClINO2S2. The van der Waals surface area contributed by atoms with Crippen molar-refractivity contribution in [3.05, 3.63) is 29.5 Å². The number of hydrogen-bond acceptors (Lipinski definition) is 3. The predicted molar refractivity (Wildman–Crippen MR) is 86.4 cm³/mol. The molecule has 1 heterocycles. The largest absolute Gasteiger partial charge is 0.282 e. The molecule has 0 aliphatic carbocycles. The standard InChI is InChI=1S/C11H11ClINO2S2/c1-7-5-10(18(2,15)16)9(6-12)8-3-4-14(17-13)11(7)8/h3-5H,6H2,1-2H3. The summed E-state index contributed by atoms with van der Waals surface area (Å²) in [5.41, 5.74) is 2.65. The Kier molecular flexibility index (Phi) is 4.20. The van der Waals surface area contributed by atoms with Crippen molar-refractivity contribution in [2.24, 2.45) is 0 Å². The lowest BCUT2D eigenvalue weighted by Gasteiger charge is -2.10. The molecule has 0 fully saturated rings. The van der Waals surface area contributed by atoms with Gasteiger partial charge in [-0.2, -0.15) is 0 Å². The molecule has 0 saturated heterocycles. The molecule has 2 aromatic rings. The summed E-state index contributed by atoms with van der Waals surface area (Å²) in [6, 6.07) is 3.62. The molecule has 0 bridgehead atoms. The average Bonchev–Trinajstić information content (AvgIpc) is 2.72. The third-order valence-electron chi connectivity index (χ3n) is 2.80. The first-order valence-electron chi connectivity index (χ1n) is 5.08.